The van der Waals surface area contributed by atoms with Crippen molar-refractivity contribution in [2.75, 3.05) is 25.4 Å². The fraction of sp³-hybridized carbons (Fsp3) is 0.588. The molecule has 3 nitrogen and oxygen atoms in total. The summed E-state index contributed by atoms with van der Waals surface area (Å²) in [5.41, 5.74) is -0.128. The Balaban J connectivity index is 1.77. The maximum atomic E-state index is 12.6. The highest BCUT2D eigenvalue weighted by molar-refractivity contribution is 7.99. The van der Waals surface area contributed by atoms with Gasteiger partial charge in [-0.25, -0.2) is 0 Å². The van der Waals surface area contributed by atoms with E-state index in [0.717, 1.165) is 51.1 Å². The van der Waals surface area contributed by atoms with Crippen LogP contribution in [-0.2, 0) is 4.79 Å². The summed E-state index contributed by atoms with van der Waals surface area (Å²) in [7, 11) is 0. The number of hydrogen-bond acceptors (Lipinski definition) is 3. The van der Waals surface area contributed by atoms with Crippen LogP contribution in [0.2, 0.25) is 0 Å². The molecule has 0 atom stereocenters. The van der Waals surface area contributed by atoms with Crippen LogP contribution in [0.4, 0.5) is 0 Å². The topological polar surface area (TPSA) is 41.1 Å². The number of piperidine rings is 1. The number of hydrogen-bond donors (Lipinski definition) is 2. The molecule has 1 heterocycles. The fourth-order valence-electron chi connectivity index (χ4n) is 3.01. The van der Waals surface area contributed by atoms with E-state index in [1.54, 1.807) is 11.8 Å². The van der Waals surface area contributed by atoms with Gasteiger partial charge >= 0.3 is 0 Å². The Bertz CT molecular complexity index is 424. The number of amides is 1. The summed E-state index contributed by atoms with van der Waals surface area (Å²) < 4.78 is 0. The summed E-state index contributed by atoms with van der Waals surface area (Å²) in [6, 6.07) is 10.3. The molecule has 0 aromatic heterocycles. The number of carbonyl (C=O) groups is 1. The van der Waals surface area contributed by atoms with Gasteiger partial charge in [0, 0.05) is 17.2 Å². The van der Waals surface area contributed by atoms with Gasteiger partial charge in [0.2, 0.25) is 5.91 Å². The minimum absolute atomic E-state index is 0.128. The van der Waals surface area contributed by atoms with Crippen LogP contribution in [0.25, 0.3) is 0 Å². The van der Waals surface area contributed by atoms with Gasteiger partial charge in [-0.2, -0.15) is 0 Å². The zero-order valence-corrected chi connectivity index (χ0v) is 13.7. The molecule has 1 aromatic rings. The Morgan fingerprint density at radius 3 is 2.67 bits per heavy atom. The van der Waals surface area contributed by atoms with E-state index in [2.05, 4.69) is 29.7 Å². The molecule has 0 saturated carbocycles. The summed E-state index contributed by atoms with van der Waals surface area (Å²) >= 11 is 1.79. The van der Waals surface area contributed by atoms with E-state index in [-0.39, 0.29) is 11.3 Å². The number of thioether (sulfide) groups is 1. The summed E-state index contributed by atoms with van der Waals surface area (Å²) in [4.78, 5) is 13.8. The van der Waals surface area contributed by atoms with E-state index in [9.17, 15) is 4.79 Å². The van der Waals surface area contributed by atoms with Gasteiger partial charge < -0.3 is 10.6 Å². The molecule has 1 amide bonds. The second-order valence-corrected chi connectivity index (χ2v) is 6.87. The lowest BCUT2D eigenvalue weighted by Crippen LogP contribution is -2.48. The lowest BCUT2D eigenvalue weighted by Gasteiger charge is -2.36. The molecule has 0 radical (unpaired) electrons. The quantitative estimate of drug-likeness (QED) is 0.601. The SMILES string of the molecule is CCCC1(C(=O)NCCSc2ccccc2)CCNCC1. The molecular weight excluding hydrogens is 280 g/mol. The highest BCUT2D eigenvalue weighted by Gasteiger charge is 2.38. The normalized spacial score (nSPS) is 17.4. The molecule has 0 unspecified atom stereocenters. The van der Waals surface area contributed by atoms with Crippen molar-refractivity contribution in [3.63, 3.8) is 0 Å². The van der Waals surface area contributed by atoms with E-state index in [1.165, 1.54) is 4.90 Å². The largest absolute Gasteiger partial charge is 0.355 e. The molecule has 1 aromatic carbocycles. The molecule has 1 saturated heterocycles. The van der Waals surface area contributed by atoms with Gasteiger partial charge in [-0.3, -0.25) is 4.79 Å². The maximum absolute atomic E-state index is 12.6. The lowest BCUT2D eigenvalue weighted by molar-refractivity contribution is -0.133. The number of rotatable bonds is 7. The summed E-state index contributed by atoms with van der Waals surface area (Å²) in [6.45, 7) is 4.85. The minimum Gasteiger partial charge on any atom is -0.355 e. The van der Waals surface area contributed by atoms with Crippen molar-refractivity contribution in [2.45, 2.75) is 37.5 Å². The Morgan fingerprint density at radius 2 is 2.00 bits per heavy atom. The molecule has 0 spiro atoms. The molecule has 4 heteroatoms. The average Bonchev–Trinajstić information content (AvgIpc) is 2.53. The van der Waals surface area contributed by atoms with E-state index < -0.39 is 0 Å². The van der Waals surface area contributed by atoms with Crippen molar-refractivity contribution >= 4 is 17.7 Å². The van der Waals surface area contributed by atoms with Crippen LogP contribution in [-0.4, -0.2) is 31.3 Å². The van der Waals surface area contributed by atoms with Gasteiger partial charge in [0.05, 0.1) is 5.41 Å². The number of benzene rings is 1. The van der Waals surface area contributed by atoms with Crippen molar-refractivity contribution in [1.82, 2.24) is 10.6 Å². The van der Waals surface area contributed by atoms with Gasteiger partial charge in [-0.15, -0.1) is 11.8 Å². The molecule has 116 valence electrons. The van der Waals surface area contributed by atoms with Crippen molar-refractivity contribution in [3.8, 4) is 0 Å². The Kier molecular flexibility index (Phi) is 6.58. The highest BCUT2D eigenvalue weighted by atomic mass is 32.2. The second-order valence-electron chi connectivity index (χ2n) is 5.70. The molecule has 2 rings (SSSR count). The smallest absolute Gasteiger partial charge is 0.226 e. The third kappa shape index (κ3) is 4.75. The molecular formula is C17H26N2OS. The van der Waals surface area contributed by atoms with E-state index in [1.807, 2.05) is 18.2 Å². The first-order valence-electron chi connectivity index (χ1n) is 7.94. The summed E-state index contributed by atoms with van der Waals surface area (Å²) in [5.74, 6) is 1.19. The zero-order chi connectivity index (χ0) is 15.0. The zero-order valence-electron chi connectivity index (χ0n) is 12.9. The molecule has 0 aliphatic carbocycles. The molecule has 1 aliphatic heterocycles. The Labute approximate surface area is 132 Å². The van der Waals surface area contributed by atoms with Crippen LogP contribution in [0.5, 0.6) is 0 Å². The maximum Gasteiger partial charge on any atom is 0.226 e. The average molecular weight is 306 g/mol. The molecule has 1 aliphatic rings. The fourth-order valence-corrected chi connectivity index (χ4v) is 3.80. The monoisotopic (exact) mass is 306 g/mol. The van der Waals surface area contributed by atoms with Crippen LogP contribution >= 0.6 is 11.8 Å². The first-order valence-corrected chi connectivity index (χ1v) is 8.92. The van der Waals surface area contributed by atoms with Crippen LogP contribution < -0.4 is 10.6 Å². The van der Waals surface area contributed by atoms with E-state index >= 15 is 0 Å². The van der Waals surface area contributed by atoms with Gasteiger partial charge in [0.1, 0.15) is 0 Å². The third-order valence-electron chi connectivity index (χ3n) is 4.17. The molecule has 2 N–H and O–H groups in total. The number of nitrogens with one attached hydrogen (secondary N) is 2. The Morgan fingerprint density at radius 1 is 1.29 bits per heavy atom. The summed E-state index contributed by atoms with van der Waals surface area (Å²) in [5, 5.41) is 6.52. The molecule has 0 bridgehead atoms. The van der Waals surface area contributed by atoms with Crippen molar-refractivity contribution < 1.29 is 4.79 Å². The van der Waals surface area contributed by atoms with E-state index in [4.69, 9.17) is 0 Å². The molecule has 21 heavy (non-hydrogen) atoms. The standard InChI is InChI=1S/C17H26N2OS/c1-2-8-17(9-11-18-12-10-17)16(20)19-13-14-21-15-6-4-3-5-7-15/h3-7,18H,2,8-14H2,1H3,(H,19,20). The first-order chi connectivity index (χ1) is 10.3. The van der Waals surface area contributed by atoms with Crippen LogP contribution in [0.3, 0.4) is 0 Å². The van der Waals surface area contributed by atoms with Gasteiger partial charge in [-0.1, -0.05) is 31.5 Å². The highest BCUT2D eigenvalue weighted by Crippen LogP contribution is 2.34. The van der Waals surface area contributed by atoms with Crippen LogP contribution in [0.15, 0.2) is 35.2 Å². The van der Waals surface area contributed by atoms with Gasteiger partial charge in [0.15, 0.2) is 0 Å². The van der Waals surface area contributed by atoms with Crippen molar-refractivity contribution in [2.24, 2.45) is 5.41 Å². The Hall–Kier alpha value is -1.00. The second kappa shape index (κ2) is 8.44. The van der Waals surface area contributed by atoms with E-state index in [0.29, 0.717) is 0 Å². The van der Waals surface area contributed by atoms with Crippen LogP contribution in [0, 0.1) is 5.41 Å². The third-order valence-corrected chi connectivity index (χ3v) is 5.18. The van der Waals surface area contributed by atoms with Gasteiger partial charge in [-0.05, 0) is 44.5 Å². The minimum atomic E-state index is -0.128. The predicted octanol–water partition coefficient (Wildman–Crippen LogP) is 3.06. The van der Waals surface area contributed by atoms with Crippen molar-refractivity contribution in [1.29, 1.82) is 0 Å². The lowest BCUT2D eigenvalue weighted by atomic mass is 9.74. The first kappa shape index (κ1) is 16.4. The van der Waals surface area contributed by atoms with Gasteiger partial charge in [0.25, 0.3) is 0 Å². The summed E-state index contributed by atoms with van der Waals surface area (Å²) in [6.07, 6.45) is 4.02. The van der Waals surface area contributed by atoms with Crippen LogP contribution in [0.1, 0.15) is 32.6 Å². The molecule has 1 fully saturated rings. The number of carbonyl (C=O) groups excluding carboxylic acids is 1. The van der Waals surface area contributed by atoms with Crippen molar-refractivity contribution in [3.05, 3.63) is 30.3 Å². The predicted molar refractivity (Wildman–Crippen MR) is 89.6 cm³/mol.